The lowest BCUT2D eigenvalue weighted by Crippen LogP contribution is -1.70. The van der Waals surface area contributed by atoms with E-state index < -0.39 is 0 Å². The lowest BCUT2D eigenvalue weighted by Gasteiger charge is -1.85. The minimum atomic E-state index is 0.530. The fourth-order valence-corrected chi connectivity index (χ4v) is 0.649. The predicted molar refractivity (Wildman–Crippen MR) is 35.1 cm³/mol. The van der Waals surface area contributed by atoms with Gasteiger partial charge in [-0.15, -0.1) is 11.6 Å². The number of hydrogen-bond acceptors (Lipinski definition) is 0. The van der Waals surface area contributed by atoms with Crippen molar-refractivity contribution in [2.75, 3.05) is 5.88 Å². The molecule has 0 aromatic rings. The first-order chi connectivity index (χ1) is 3.31. The van der Waals surface area contributed by atoms with Crippen LogP contribution in [-0.4, -0.2) is 5.88 Å². The standard InChI is InChI=1S/C4H5Cl3/c5-2-1-4(7)3-6/h3H,1-2H2/b4-3-. The van der Waals surface area contributed by atoms with Crippen LogP contribution in [0.25, 0.3) is 0 Å². The van der Waals surface area contributed by atoms with Gasteiger partial charge >= 0.3 is 0 Å². The highest BCUT2D eigenvalue weighted by Crippen LogP contribution is 2.08. The Kier molecular flexibility index (Phi) is 5.18. The van der Waals surface area contributed by atoms with Gasteiger partial charge in [0.1, 0.15) is 0 Å². The monoisotopic (exact) mass is 158 g/mol. The summed E-state index contributed by atoms with van der Waals surface area (Å²) >= 11 is 15.9. The van der Waals surface area contributed by atoms with Gasteiger partial charge in [0.15, 0.2) is 0 Å². The maximum atomic E-state index is 5.41. The van der Waals surface area contributed by atoms with Crippen LogP contribution in [0.15, 0.2) is 10.6 Å². The van der Waals surface area contributed by atoms with Gasteiger partial charge in [0.2, 0.25) is 0 Å². The van der Waals surface area contributed by atoms with Crippen LogP contribution >= 0.6 is 34.8 Å². The van der Waals surface area contributed by atoms with Crippen molar-refractivity contribution < 1.29 is 0 Å². The summed E-state index contributed by atoms with van der Waals surface area (Å²) in [4.78, 5) is 0. The molecule has 0 rings (SSSR count). The number of allylic oxidation sites excluding steroid dienone is 1. The highest BCUT2D eigenvalue weighted by Gasteiger charge is 1.85. The summed E-state index contributed by atoms with van der Waals surface area (Å²) < 4.78 is 0. The lowest BCUT2D eigenvalue weighted by molar-refractivity contribution is 1.21. The van der Waals surface area contributed by atoms with Crippen molar-refractivity contribution in [1.29, 1.82) is 0 Å². The number of hydrogen-bond donors (Lipinski definition) is 0. The Morgan fingerprint density at radius 3 is 2.29 bits per heavy atom. The SMILES string of the molecule is Cl/C=C(\Cl)CCCl. The maximum absolute atomic E-state index is 5.41. The summed E-state index contributed by atoms with van der Waals surface area (Å²) in [5.74, 6) is 0.530. The highest BCUT2D eigenvalue weighted by atomic mass is 35.5. The van der Waals surface area contributed by atoms with Crippen LogP contribution in [0.3, 0.4) is 0 Å². The van der Waals surface area contributed by atoms with Gasteiger partial charge in [0.05, 0.1) is 0 Å². The quantitative estimate of drug-likeness (QED) is 0.544. The number of halogens is 3. The zero-order chi connectivity index (χ0) is 5.70. The molecule has 7 heavy (non-hydrogen) atoms. The molecule has 0 aromatic carbocycles. The summed E-state index contributed by atoms with van der Waals surface area (Å²) in [6, 6.07) is 0. The summed E-state index contributed by atoms with van der Waals surface area (Å²) in [6.45, 7) is 0. The van der Waals surface area contributed by atoms with E-state index in [-0.39, 0.29) is 0 Å². The molecule has 0 nitrogen and oxygen atoms in total. The first-order valence-corrected chi connectivity index (χ1v) is 3.17. The molecule has 0 saturated heterocycles. The Morgan fingerprint density at radius 2 is 2.14 bits per heavy atom. The third-order valence-electron chi connectivity index (χ3n) is 0.452. The van der Waals surface area contributed by atoms with Crippen LogP contribution in [0.1, 0.15) is 6.42 Å². The van der Waals surface area contributed by atoms with Crippen LogP contribution < -0.4 is 0 Å². The third kappa shape index (κ3) is 4.46. The van der Waals surface area contributed by atoms with Gasteiger partial charge < -0.3 is 0 Å². The predicted octanol–water partition coefficient (Wildman–Crippen LogP) is 2.93. The Labute approximate surface area is 58.1 Å². The molecule has 0 atom stereocenters. The molecule has 0 N–H and O–H groups in total. The van der Waals surface area contributed by atoms with Crippen molar-refractivity contribution in [2.45, 2.75) is 6.42 Å². The second-order valence-corrected chi connectivity index (χ2v) is 2.08. The molecule has 0 fully saturated rings. The average molecular weight is 159 g/mol. The minimum Gasteiger partial charge on any atom is -0.126 e. The molecule has 0 amide bonds. The Morgan fingerprint density at radius 1 is 1.57 bits per heavy atom. The second kappa shape index (κ2) is 4.76. The van der Waals surface area contributed by atoms with Crippen LogP contribution in [0.2, 0.25) is 0 Å². The molecular formula is C4H5Cl3. The summed E-state index contributed by atoms with van der Waals surface area (Å²) in [7, 11) is 0. The molecule has 0 saturated carbocycles. The van der Waals surface area contributed by atoms with E-state index in [4.69, 9.17) is 34.8 Å². The molecule has 0 aliphatic heterocycles. The maximum Gasteiger partial charge on any atom is 0.0305 e. The fraction of sp³-hybridized carbons (Fsp3) is 0.500. The average Bonchev–Trinajstić information content (AvgIpc) is 1.68. The minimum absolute atomic E-state index is 0.530. The smallest absolute Gasteiger partial charge is 0.0305 e. The Hall–Kier alpha value is 0.610. The first kappa shape index (κ1) is 7.61. The van der Waals surface area contributed by atoms with Crippen molar-refractivity contribution in [3.05, 3.63) is 10.6 Å². The van der Waals surface area contributed by atoms with Crippen LogP contribution in [0, 0.1) is 0 Å². The molecule has 0 aliphatic rings. The van der Waals surface area contributed by atoms with Crippen LogP contribution in [-0.2, 0) is 0 Å². The van der Waals surface area contributed by atoms with E-state index in [1.807, 2.05) is 0 Å². The Bertz CT molecular complexity index is 67.3. The van der Waals surface area contributed by atoms with Crippen LogP contribution in [0.4, 0.5) is 0 Å². The second-order valence-electron chi connectivity index (χ2n) is 0.995. The first-order valence-electron chi connectivity index (χ1n) is 1.82. The molecule has 0 bridgehead atoms. The van der Waals surface area contributed by atoms with Gasteiger partial charge in [-0.3, -0.25) is 0 Å². The topological polar surface area (TPSA) is 0 Å². The van der Waals surface area contributed by atoms with E-state index in [0.29, 0.717) is 17.3 Å². The van der Waals surface area contributed by atoms with Crippen LogP contribution in [0.5, 0.6) is 0 Å². The van der Waals surface area contributed by atoms with Gasteiger partial charge in [-0.1, -0.05) is 23.2 Å². The fourth-order valence-electron chi connectivity index (χ4n) is 0.145. The van der Waals surface area contributed by atoms with Crippen molar-refractivity contribution in [3.63, 3.8) is 0 Å². The summed E-state index contributed by atoms with van der Waals surface area (Å²) in [5, 5.41) is 0.608. The molecule has 3 heteroatoms. The summed E-state index contributed by atoms with van der Waals surface area (Å²) in [5.41, 5.74) is 1.32. The van der Waals surface area contributed by atoms with Gasteiger partial charge in [0, 0.05) is 16.4 Å². The lowest BCUT2D eigenvalue weighted by atomic mass is 10.5. The van der Waals surface area contributed by atoms with E-state index in [9.17, 15) is 0 Å². The van der Waals surface area contributed by atoms with Gasteiger partial charge in [-0.25, -0.2) is 0 Å². The summed E-state index contributed by atoms with van der Waals surface area (Å²) in [6.07, 6.45) is 0.659. The largest absolute Gasteiger partial charge is 0.126 e. The van der Waals surface area contributed by atoms with Crippen molar-refractivity contribution >= 4 is 34.8 Å². The number of alkyl halides is 1. The van der Waals surface area contributed by atoms with E-state index >= 15 is 0 Å². The third-order valence-corrected chi connectivity index (χ3v) is 1.31. The highest BCUT2D eigenvalue weighted by molar-refractivity contribution is 6.36. The molecule has 0 heterocycles. The van der Waals surface area contributed by atoms with Gasteiger partial charge in [0.25, 0.3) is 0 Å². The van der Waals surface area contributed by atoms with E-state index in [1.54, 1.807) is 0 Å². The zero-order valence-electron chi connectivity index (χ0n) is 3.63. The molecule has 0 unspecified atom stereocenters. The molecule has 0 aliphatic carbocycles. The van der Waals surface area contributed by atoms with Gasteiger partial charge in [-0.05, 0) is 6.42 Å². The van der Waals surface area contributed by atoms with E-state index in [1.165, 1.54) is 5.54 Å². The molecule has 0 aromatic heterocycles. The Balaban J connectivity index is 3.17. The van der Waals surface area contributed by atoms with Crippen molar-refractivity contribution in [2.24, 2.45) is 0 Å². The van der Waals surface area contributed by atoms with Crippen molar-refractivity contribution in [1.82, 2.24) is 0 Å². The molecular weight excluding hydrogens is 154 g/mol. The molecule has 42 valence electrons. The van der Waals surface area contributed by atoms with Gasteiger partial charge in [-0.2, -0.15) is 0 Å². The molecule has 0 spiro atoms. The van der Waals surface area contributed by atoms with Crippen molar-refractivity contribution in [3.8, 4) is 0 Å². The number of rotatable bonds is 2. The normalized spacial score (nSPS) is 12.1. The molecule has 0 radical (unpaired) electrons. The van der Waals surface area contributed by atoms with E-state index in [2.05, 4.69) is 0 Å². The zero-order valence-corrected chi connectivity index (χ0v) is 5.89. The van der Waals surface area contributed by atoms with E-state index in [0.717, 1.165) is 0 Å².